The molecule has 1 atom stereocenters. The van der Waals surface area contributed by atoms with Crippen LogP contribution in [0, 0.1) is 0 Å². The monoisotopic (exact) mass is 272 g/mol. The molecule has 1 aromatic rings. The number of hydrogen-bond acceptors (Lipinski definition) is 2. The predicted octanol–water partition coefficient (Wildman–Crippen LogP) is 1.84. The van der Waals surface area contributed by atoms with Crippen LogP contribution in [0.5, 0.6) is 0 Å². The van der Waals surface area contributed by atoms with Gasteiger partial charge in [-0.3, -0.25) is 14.5 Å². The molecule has 6 heteroatoms. The van der Waals surface area contributed by atoms with Gasteiger partial charge in [0, 0.05) is 0 Å². The van der Waals surface area contributed by atoms with Crippen LogP contribution in [-0.4, -0.2) is 24.4 Å². The summed E-state index contributed by atoms with van der Waals surface area (Å²) in [5, 5.41) is 3.15. The van der Waals surface area contributed by atoms with Crippen molar-refractivity contribution in [3.8, 4) is 0 Å². The summed E-state index contributed by atoms with van der Waals surface area (Å²) in [6, 6.07) is 4.40. The van der Waals surface area contributed by atoms with E-state index in [1.54, 1.807) is 25.1 Å². The maximum Gasteiger partial charge on any atom is 0.247 e. The van der Waals surface area contributed by atoms with Gasteiger partial charge in [-0.1, -0.05) is 29.3 Å². The summed E-state index contributed by atoms with van der Waals surface area (Å²) in [7, 11) is 0. The van der Waals surface area contributed by atoms with E-state index in [4.69, 9.17) is 23.2 Å². The average molecular weight is 273 g/mol. The Morgan fingerprint density at radius 2 is 2.06 bits per heavy atom. The van der Waals surface area contributed by atoms with E-state index in [-0.39, 0.29) is 23.4 Å². The molecule has 1 aliphatic heterocycles. The van der Waals surface area contributed by atoms with Crippen LogP contribution in [0.4, 0.5) is 5.69 Å². The van der Waals surface area contributed by atoms with Crippen LogP contribution < -0.4 is 10.2 Å². The van der Waals surface area contributed by atoms with Gasteiger partial charge in [-0.15, -0.1) is 0 Å². The lowest BCUT2D eigenvalue weighted by molar-refractivity contribution is -0.130. The summed E-state index contributed by atoms with van der Waals surface area (Å²) in [4.78, 5) is 24.7. The number of nitrogens with one attached hydrogen (secondary N) is 1. The fraction of sp³-hybridized carbons (Fsp3) is 0.273. The van der Waals surface area contributed by atoms with Crippen LogP contribution in [0.25, 0.3) is 0 Å². The summed E-state index contributed by atoms with van der Waals surface area (Å²) < 4.78 is 0. The quantitative estimate of drug-likeness (QED) is 0.848. The first-order valence-corrected chi connectivity index (χ1v) is 5.81. The smallest absolute Gasteiger partial charge is 0.247 e. The molecular formula is C11H10Cl2N2O2. The van der Waals surface area contributed by atoms with Crippen molar-refractivity contribution >= 4 is 40.7 Å². The lowest BCUT2D eigenvalue weighted by Gasteiger charge is -2.33. The number of benzene rings is 1. The first kappa shape index (κ1) is 12.2. The number of amides is 2. The molecule has 17 heavy (non-hydrogen) atoms. The minimum atomic E-state index is -0.591. The standard InChI is InChI=1S/C11H10Cl2N2O2/c1-6-11(17)14-5-9(16)15(6)8-4-2-3-7(12)10(8)13/h2-4,6H,5H2,1H3,(H,14,17). The van der Waals surface area contributed by atoms with Gasteiger partial charge in [-0.2, -0.15) is 0 Å². The van der Waals surface area contributed by atoms with Gasteiger partial charge in [-0.05, 0) is 19.1 Å². The number of hydrogen-bond donors (Lipinski definition) is 1. The third-order valence-electron chi connectivity index (χ3n) is 2.64. The van der Waals surface area contributed by atoms with Gasteiger partial charge >= 0.3 is 0 Å². The van der Waals surface area contributed by atoms with Gasteiger partial charge in [0.2, 0.25) is 11.8 Å². The molecule has 0 saturated carbocycles. The molecule has 90 valence electrons. The normalized spacial score (nSPS) is 20.4. The van der Waals surface area contributed by atoms with Gasteiger partial charge in [0.15, 0.2) is 0 Å². The Morgan fingerprint density at radius 1 is 1.35 bits per heavy atom. The largest absolute Gasteiger partial charge is 0.345 e. The van der Waals surface area contributed by atoms with Crippen LogP contribution in [0.15, 0.2) is 18.2 Å². The van der Waals surface area contributed by atoms with E-state index in [1.807, 2.05) is 0 Å². The van der Waals surface area contributed by atoms with Crippen molar-refractivity contribution in [3.05, 3.63) is 28.2 Å². The third-order valence-corrected chi connectivity index (χ3v) is 3.45. The number of anilines is 1. The number of rotatable bonds is 1. The number of piperazine rings is 1. The molecule has 0 aliphatic carbocycles. The van der Waals surface area contributed by atoms with E-state index in [9.17, 15) is 9.59 Å². The fourth-order valence-corrected chi connectivity index (χ4v) is 2.14. The second-order valence-corrected chi connectivity index (χ2v) is 4.52. The van der Waals surface area contributed by atoms with E-state index < -0.39 is 6.04 Å². The fourth-order valence-electron chi connectivity index (χ4n) is 1.75. The highest BCUT2D eigenvalue weighted by molar-refractivity contribution is 6.44. The lowest BCUT2D eigenvalue weighted by Crippen LogP contribution is -2.57. The molecule has 0 radical (unpaired) electrons. The summed E-state index contributed by atoms with van der Waals surface area (Å²) in [6.07, 6.45) is 0. The van der Waals surface area contributed by atoms with E-state index in [2.05, 4.69) is 5.32 Å². The second kappa shape index (κ2) is 4.55. The first-order valence-electron chi connectivity index (χ1n) is 5.06. The van der Waals surface area contributed by atoms with E-state index >= 15 is 0 Å². The zero-order chi connectivity index (χ0) is 12.6. The molecule has 0 spiro atoms. The molecule has 4 nitrogen and oxygen atoms in total. The van der Waals surface area contributed by atoms with Crippen molar-refractivity contribution in [2.75, 3.05) is 11.4 Å². The van der Waals surface area contributed by atoms with Gasteiger partial charge in [0.05, 0.1) is 22.3 Å². The van der Waals surface area contributed by atoms with Crippen LogP contribution in [0.1, 0.15) is 6.92 Å². The van der Waals surface area contributed by atoms with Gasteiger partial charge in [0.25, 0.3) is 0 Å². The number of nitrogens with zero attached hydrogens (tertiary/aromatic N) is 1. The van der Waals surface area contributed by atoms with Gasteiger partial charge in [-0.25, -0.2) is 0 Å². The maximum atomic E-state index is 11.8. The summed E-state index contributed by atoms with van der Waals surface area (Å²) in [5.74, 6) is -0.415. The van der Waals surface area contributed by atoms with Crippen molar-refractivity contribution in [3.63, 3.8) is 0 Å². The minimum absolute atomic E-state index is 0.0218. The Labute approximate surface area is 108 Å². The topological polar surface area (TPSA) is 49.4 Å². The highest BCUT2D eigenvalue weighted by atomic mass is 35.5. The summed E-state index contributed by atoms with van der Waals surface area (Å²) in [6.45, 7) is 1.62. The van der Waals surface area contributed by atoms with Crippen molar-refractivity contribution < 1.29 is 9.59 Å². The molecule has 1 unspecified atom stereocenters. The number of carbonyl (C=O) groups is 2. The molecule has 0 aromatic heterocycles. The molecule has 1 heterocycles. The molecule has 0 bridgehead atoms. The van der Waals surface area contributed by atoms with Crippen LogP contribution in [0.2, 0.25) is 10.0 Å². The molecule has 1 saturated heterocycles. The van der Waals surface area contributed by atoms with Crippen LogP contribution in [0.3, 0.4) is 0 Å². The van der Waals surface area contributed by atoms with E-state index in [0.717, 1.165) is 0 Å². The Hall–Kier alpha value is -1.26. The molecule has 2 amide bonds. The molecule has 1 N–H and O–H groups in total. The molecule has 1 aromatic carbocycles. The number of halogens is 2. The molecular weight excluding hydrogens is 263 g/mol. The summed E-state index contributed by atoms with van der Waals surface area (Å²) in [5.41, 5.74) is 0.464. The average Bonchev–Trinajstić information content (AvgIpc) is 2.30. The summed E-state index contributed by atoms with van der Waals surface area (Å²) >= 11 is 11.9. The van der Waals surface area contributed by atoms with Gasteiger partial charge in [0.1, 0.15) is 6.04 Å². The number of carbonyl (C=O) groups excluding carboxylic acids is 2. The zero-order valence-electron chi connectivity index (χ0n) is 9.04. The minimum Gasteiger partial charge on any atom is -0.345 e. The predicted molar refractivity (Wildman–Crippen MR) is 66.4 cm³/mol. The van der Waals surface area contributed by atoms with Crippen molar-refractivity contribution in [2.45, 2.75) is 13.0 Å². The first-order chi connectivity index (χ1) is 8.02. The SMILES string of the molecule is CC1C(=O)NCC(=O)N1c1cccc(Cl)c1Cl. The molecule has 2 rings (SSSR count). The zero-order valence-corrected chi connectivity index (χ0v) is 10.5. The highest BCUT2D eigenvalue weighted by Crippen LogP contribution is 2.34. The van der Waals surface area contributed by atoms with E-state index in [0.29, 0.717) is 10.7 Å². The van der Waals surface area contributed by atoms with Crippen molar-refractivity contribution in [2.24, 2.45) is 0 Å². The molecule has 1 fully saturated rings. The van der Waals surface area contributed by atoms with Crippen LogP contribution in [-0.2, 0) is 9.59 Å². The van der Waals surface area contributed by atoms with Crippen LogP contribution >= 0.6 is 23.2 Å². The Kier molecular flexibility index (Phi) is 3.26. The molecule has 1 aliphatic rings. The Morgan fingerprint density at radius 3 is 2.76 bits per heavy atom. The van der Waals surface area contributed by atoms with Gasteiger partial charge < -0.3 is 5.32 Å². The van der Waals surface area contributed by atoms with Crippen molar-refractivity contribution in [1.82, 2.24) is 5.32 Å². The maximum absolute atomic E-state index is 11.8. The Balaban J connectivity index is 2.47. The lowest BCUT2D eigenvalue weighted by atomic mass is 10.1. The van der Waals surface area contributed by atoms with Crippen molar-refractivity contribution in [1.29, 1.82) is 0 Å². The Bertz CT molecular complexity index is 490. The third kappa shape index (κ3) is 2.10. The second-order valence-electron chi connectivity index (χ2n) is 3.73. The van der Waals surface area contributed by atoms with E-state index in [1.165, 1.54) is 4.90 Å². The highest BCUT2D eigenvalue weighted by Gasteiger charge is 2.33.